The lowest BCUT2D eigenvalue weighted by molar-refractivity contribution is -0.137. The summed E-state index contributed by atoms with van der Waals surface area (Å²) in [5.41, 5.74) is 3.31. The first-order valence-electron chi connectivity index (χ1n) is 6.81. The van der Waals surface area contributed by atoms with Crippen LogP contribution in [0, 0.1) is 0 Å². The third-order valence-corrected chi connectivity index (χ3v) is 3.25. The van der Waals surface area contributed by atoms with Crippen molar-refractivity contribution < 1.29 is 9.90 Å². The predicted octanol–water partition coefficient (Wildman–Crippen LogP) is 3.48. The molecule has 0 spiro atoms. The summed E-state index contributed by atoms with van der Waals surface area (Å²) in [5, 5.41) is 12.2. The first-order chi connectivity index (χ1) is 9.70. The maximum absolute atomic E-state index is 10.9. The van der Waals surface area contributed by atoms with Gasteiger partial charge in [0, 0.05) is 6.04 Å². The highest BCUT2D eigenvalue weighted by molar-refractivity contribution is 5.68. The van der Waals surface area contributed by atoms with Crippen LogP contribution in [0.15, 0.2) is 54.6 Å². The standard InChI is InChI=1S/C17H19NO2/c1-2-18-16(12-17(19)20)15-10-8-14(9-11-15)13-6-4-3-5-7-13/h3-11,16,18H,2,12H2,1H3,(H,19,20). The summed E-state index contributed by atoms with van der Waals surface area (Å²) in [5.74, 6) is -0.789. The number of carboxylic acid groups (broad SMARTS) is 1. The molecule has 0 bridgehead atoms. The molecule has 3 nitrogen and oxygen atoms in total. The fraction of sp³-hybridized carbons (Fsp3) is 0.235. The smallest absolute Gasteiger partial charge is 0.305 e. The molecule has 2 aromatic rings. The summed E-state index contributed by atoms with van der Waals surface area (Å²) in [6.45, 7) is 2.73. The van der Waals surface area contributed by atoms with Crippen molar-refractivity contribution in [3.8, 4) is 11.1 Å². The van der Waals surface area contributed by atoms with Crippen LogP contribution >= 0.6 is 0 Å². The molecule has 0 radical (unpaired) electrons. The largest absolute Gasteiger partial charge is 0.481 e. The lowest BCUT2D eigenvalue weighted by Gasteiger charge is -2.16. The van der Waals surface area contributed by atoms with Gasteiger partial charge in [-0.3, -0.25) is 4.79 Å². The zero-order valence-corrected chi connectivity index (χ0v) is 11.5. The average molecular weight is 269 g/mol. The van der Waals surface area contributed by atoms with Crippen LogP contribution in [0.3, 0.4) is 0 Å². The SMILES string of the molecule is CCNC(CC(=O)O)c1ccc(-c2ccccc2)cc1. The molecule has 2 aromatic carbocycles. The molecule has 0 aromatic heterocycles. The summed E-state index contributed by atoms with van der Waals surface area (Å²) in [6.07, 6.45) is 0.0958. The molecular weight excluding hydrogens is 250 g/mol. The normalized spacial score (nSPS) is 12.1. The van der Waals surface area contributed by atoms with E-state index in [1.54, 1.807) is 0 Å². The first kappa shape index (κ1) is 14.3. The number of carbonyl (C=O) groups is 1. The summed E-state index contributed by atoms with van der Waals surface area (Å²) >= 11 is 0. The first-order valence-corrected chi connectivity index (χ1v) is 6.81. The Labute approximate surface area is 119 Å². The molecule has 2 rings (SSSR count). The van der Waals surface area contributed by atoms with Crippen LogP contribution in [0.25, 0.3) is 11.1 Å². The molecule has 0 fully saturated rings. The molecule has 20 heavy (non-hydrogen) atoms. The summed E-state index contributed by atoms with van der Waals surface area (Å²) in [7, 11) is 0. The highest BCUT2D eigenvalue weighted by Gasteiger charge is 2.14. The number of nitrogens with one attached hydrogen (secondary N) is 1. The fourth-order valence-electron chi connectivity index (χ4n) is 2.27. The van der Waals surface area contributed by atoms with E-state index < -0.39 is 5.97 Å². The summed E-state index contributed by atoms with van der Waals surface area (Å²) in [6, 6.07) is 18.1. The molecule has 0 saturated carbocycles. The molecule has 1 atom stereocenters. The van der Waals surface area contributed by atoms with Gasteiger partial charge in [0.05, 0.1) is 6.42 Å². The Balaban J connectivity index is 2.19. The number of benzene rings is 2. The molecule has 0 aliphatic rings. The second kappa shape index (κ2) is 6.87. The Bertz CT molecular complexity index is 549. The van der Waals surface area contributed by atoms with Crippen LogP contribution in [-0.2, 0) is 4.79 Å². The van der Waals surface area contributed by atoms with Gasteiger partial charge in [-0.15, -0.1) is 0 Å². The van der Waals surface area contributed by atoms with Gasteiger partial charge in [0.1, 0.15) is 0 Å². The van der Waals surface area contributed by atoms with Crippen molar-refractivity contribution in [1.29, 1.82) is 0 Å². The van der Waals surface area contributed by atoms with Crippen molar-refractivity contribution in [3.05, 3.63) is 60.2 Å². The second-order valence-corrected chi connectivity index (χ2v) is 4.70. The zero-order valence-electron chi connectivity index (χ0n) is 11.5. The maximum Gasteiger partial charge on any atom is 0.305 e. The molecule has 104 valence electrons. The molecule has 0 heterocycles. The third-order valence-electron chi connectivity index (χ3n) is 3.25. The van der Waals surface area contributed by atoms with E-state index in [4.69, 9.17) is 5.11 Å². The van der Waals surface area contributed by atoms with Crippen molar-refractivity contribution in [2.75, 3.05) is 6.54 Å². The van der Waals surface area contributed by atoms with Crippen molar-refractivity contribution in [3.63, 3.8) is 0 Å². The van der Waals surface area contributed by atoms with Crippen LogP contribution < -0.4 is 5.32 Å². The van der Waals surface area contributed by atoms with Crippen LogP contribution in [0.2, 0.25) is 0 Å². The van der Waals surface area contributed by atoms with Gasteiger partial charge in [0.2, 0.25) is 0 Å². The van der Waals surface area contributed by atoms with E-state index in [2.05, 4.69) is 17.4 Å². The Morgan fingerprint density at radius 3 is 2.20 bits per heavy atom. The number of rotatable bonds is 6. The van der Waals surface area contributed by atoms with Gasteiger partial charge in [-0.05, 0) is 23.2 Å². The Kier molecular flexibility index (Phi) is 4.91. The van der Waals surface area contributed by atoms with E-state index in [1.165, 1.54) is 0 Å². The van der Waals surface area contributed by atoms with E-state index in [1.807, 2.05) is 49.4 Å². The molecule has 3 heteroatoms. The van der Waals surface area contributed by atoms with Crippen molar-refractivity contribution in [2.45, 2.75) is 19.4 Å². The van der Waals surface area contributed by atoms with Gasteiger partial charge in [-0.1, -0.05) is 61.5 Å². The molecule has 2 N–H and O–H groups in total. The van der Waals surface area contributed by atoms with E-state index >= 15 is 0 Å². The van der Waals surface area contributed by atoms with Crippen molar-refractivity contribution in [1.82, 2.24) is 5.32 Å². The lowest BCUT2D eigenvalue weighted by Crippen LogP contribution is -2.23. The minimum Gasteiger partial charge on any atom is -0.481 e. The number of hydrogen-bond acceptors (Lipinski definition) is 2. The molecule has 1 unspecified atom stereocenters. The topological polar surface area (TPSA) is 49.3 Å². The van der Waals surface area contributed by atoms with Crippen LogP contribution in [0.4, 0.5) is 0 Å². The summed E-state index contributed by atoms with van der Waals surface area (Å²) in [4.78, 5) is 10.9. The van der Waals surface area contributed by atoms with Crippen LogP contribution in [0.5, 0.6) is 0 Å². The van der Waals surface area contributed by atoms with E-state index in [9.17, 15) is 4.79 Å². The van der Waals surface area contributed by atoms with E-state index in [-0.39, 0.29) is 12.5 Å². The van der Waals surface area contributed by atoms with Gasteiger partial charge >= 0.3 is 5.97 Å². The molecule has 0 aliphatic carbocycles. The lowest BCUT2D eigenvalue weighted by atomic mass is 9.99. The summed E-state index contributed by atoms with van der Waals surface area (Å²) < 4.78 is 0. The monoisotopic (exact) mass is 269 g/mol. The van der Waals surface area contributed by atoms with Crippen LogP contribution in [0.1, 0.15) is 24.9 Å². The third kappa shape index (κ3) is 3.68. The van der Waals surface area contributed by atoms with E-state index in [0.717, 1.165) is 23.2 Å². The predicted molar refractivity (Wildman–Crippen MR) is 80.5 cm³/mol. The minimum atomic E-state index is -0.789. The average Bonchev–Trinajstić information content (AvgIpc) is 2.47. The van der Waals surface area contributed by atoms with Gasteiger partial charge in [-0.25, -0.2) is 0 Å². The highest BCUT2D eigenvalue weighted by Crippen LogP contribution is 2.23. The maximum atomic E-state index is 10.9. The van der Waals surface area contributed by atoms with E-state index in [0.29, 0.717) is 0 Å². The van der Waals surface area contributed by atoms with Crippen LogP contribution in [-0.4, -0.2) is 17.6 Å². The highest BCUT2D eigenvalue weighted by atomic mass is 16.4. The zero-order chi connectivity index (χ0) is 14.4. The molecule has 0 amide bonds. The number of hydrogen-bond donors (Lipinski definition) is 2. The number of carboxylic acids is 1. The molecule has 0 saturated heterocycles. The Hall–Kier alpha value is -2.13. The fourth-order valence-corrected chi connectivity index (χ4v) is 2.27. The quantitative estimate of drug-likeness (QED) is 0.844. The Morgan fingerprint density at radius 2 is 1.65 bits per heavy atom. The Morgan fingerprint density at radius 1 is 1.05 bits per heavy atom. The number of aliphatic carboxylic acids is 1. The molecular formula is C17H19NO2. The van der Waals surface area contributed by atoms with Gasteiger partial charge in [-0.2, -0.15) is 0 Å². The van der Waals surface area contributed by atoms with Crippen molar-refractivity contribution in [2.24, 2.45) is 0 Å². The second-order valence-electron chi connectivity index (χ2n) is 4.70. The van der Waals surface area contributed by atoms with Gasteiger partial charge < -0.3 is 10.4 Å². The van der Waals surface area contributed by atoms with Gasteiger partial charge in [0.25, 0.3) is 0 Å². The minimum absolute atomic E-state index is 0.0958. The van der Waals surface area contributed by atoms with Gasteiger partial charge in [0.15, 0.2) is 0 Å². The van der Waals surface area contributed by atoms with Crippen molar-refractivity contribution >= 4 is 5.97 Å². The molecule has 0 aliphatic heterocycles.